The second kappa shape index (κ2) is 3.96. The summed E-state index contributed by atoms with van der Waals surface area (Å²) in [4.78, 5) is 15.2. The van der Waals surface area contributed by atoms with Gasteiger partial charge < -0.3 is 9.52 Å². The Kier molecular flexibility index (Phi) is 2.64. The van der Waals surface area contributed by atoms with Crippen molar-refractivity contribution in [3.05, 3.63) is 29.7 Å². The fourth-order valence-corrected chi connectivity index (χ4v) is 1.83. The van der Waals surface area contributed by atoms with Gasteiger partial charge in [0.05, 0.1) is 5.92 Å². The Bertz CT molecular complexity index is 530. The lowest BCUT2D eigenvalue weighted by Gasteiger charge is -2.08. The number of carboxylic acid groups (broad SMARTS) is 1. The van der Waals surface area contributed by atoms with Crippen LogP contribution >= 0.6 is 0 Å². The number of aromatic nitrogens is 1. The SMILES string of the molecule is CCC(C(=O)O)c1ccc2nc(C)oc2c1. The molecule has 4 heteroatoms. The predicted molar refractivity (Wildman–Crippen MR) is 59.4 cm³/mol. The number of oxazole rings is 1. The zero-order chi connectivity index (χ0) is 11.7. The average Bonchev–Trinajstić information content (AvgIpc) is 2.57. The predicted octanol–water partition coefficient (Wildman–Crippen LogP) is 2.71. The third kappa shape index (κ3) is 1.78. The van der Waals surface area contributed by atoms with Gasteiger partial charge in [0.25, 0.3) is 0 Å². The fraction of sp³-hybridized carbons (Fsp3) is 0.333. The number of carboxylic acids is 1. The summed E-state index contributed by atoms with van der Waals surface area (Å²) in [7, 11) is 0. The molecule has 2 rings (SSSR count). The Balaban J connectivity index is 2.48. The van der Waals surface area contributed by atoms with E-state index in [1.165, 1.54) is 0 Å². The van der Waals surface area contributed by atoms with Crippen LogP contribution in [0.5, 0.6) is 0 Å². The topological polar surface area (TPSA) is 63.3 Å². The highest BCUT2D eigenvalue weighted by atomic mass is 16.4. The normalized spacial score (nSPS) is 12.9. The average molecular weight is 219 g/mol. The van der Waals surface area contributed by atoms with E-state index in [2.05, 4.69) is 4.98 Å². The van der Waals surface area contributed by atoms with E-state index in [-0.39, 0.29) is 0 Å². The van der Waals surface area contributed by atoms with E-state index in [9.17, 15) is 4.79 Å². The van der Waals surface area contributed by atoms with Crippen molar-refractivity contribution in [3.8, 4) is 0 Å². The molecule has 0 aliphatic rings. The molecule has 1 unspecified atom stereocenters. The van der Waals surface area contributed by atoms with Crippen molar-refractivity contribution in [2.24, 2.45) is 0 Å². The van der Waals surface area contributed by atoms with Gasteiger partial charge in [-0.2, -0.15) is 0 Å². The van der Waals surface area contributed by atoms with Crippen LogP contribution in [0, 0.1) is 6.92 Å². The molecule has 0 saturated heterocycles. The van der Waals surface area contributed by atoms with Gasteiger partial charge in [-0.3, -0.25) is 4.79 Å². The van der Waals surface area contributed by atoms with Gasteiger partial charge in [-0.25, -0.2) is 4.98 Å². The van der Waals surface area contributed by atoms with Crippen molar-refractivity contribution < 1.29 is 14.3 Å². The van der Waals surface area contributed by atoms with Crippen LogP contribution in [-0.4, -0.2) is 16.1 Å². The van der Waals surface area contributed by atoms with Crippen LogP contribution in [0.15, 0.2) is 22.6 Å². The minimum Gasteiger partial charge on any atom is -0.481 e. The summed E-state index contributed by atoms with van der Waals surface area (Å²) in [6.45, 7) is 3.63. The molecular formula is C12H13NO3. The van der Waals surface area contributed by atoms with E-state index in [1.54, 1.807) is 25.1 Å². The lowest BCUT2D eigenvalue weighted by atomic mass is 9.96. The molecular weight excluding hydrogens is 206 g/mol. The molecule has 4 nitrogen and oxygen atoms in total. The molecule has 0 fully saturated rings. The molecule has 1 aromatic carbocycles. The van der Waals surface area contributed by atoms with Crippen LogP contribution in [0.4, 0.5) is 0 Å². The standard InChI is InChI=1S/C12H13NO3/c1-3-9(12(14)15)8-4-5-10-11(6-8)16-7(2)13-10/h4-6,9H,3H2,1-2H3,(H,14,15). The summed E-state index contributed by atoms with van der Waals surface area (Å²) in [5.41, 5.74) is 2.18. The van der Waals surface area contributed by atoms with Gasteiger partial charge in [0.1, 0.15) is 5.52 Å². The van der Waals surface area contributed by atoms with E-state index in [0.717, 1.165) is 11.1 Å². The minimum absolute atomic E-state index is 0.477. The molecule has 1 atom stereocenters. The number of hydrogen-bond donors (Lipinski definition) is 1. The molecule has 2 aromatic rings. The summed E-state index contributed by atoms with van der Waals surface area (Å²) in [5.74, 6) is -0.691. The summed E-state index contributed by atoms with van der Waals surface area (Å²) in [6.07, 6.45) is 0.563. The number of aliphatic carboxylic acids is 1. The molecule has 0 bridgehead atoms. The highest BCUT2D eigenvalue weighted by molar-refractivity contribution is 5.79. The van der Waals surface area contributed by atoms with Gasteiger partial charge >= 0.3 is 5.97 Å². The second-order valence-corrected chi connectivity index (χ2v) is 3.76. The summed E-state index contributed by atoms with van der Waals surface area (Å²) < 4.78 is 5.38. The first-order chi connectivity index (χ1) is 7.61. The van der Waals surface area contributed by atoms with Crippen molar-refractivity contribution in [1.29, 1.82) is 0 Å². The van der Waals surface area contributed by atoms with Crippen molar-refractivity contribution in [1.82, 2.24) is 4.98 Å². The zero-order valence-electron chi connectivity index (χ0n) is 9.23. The maximum absolute atomic E-state index is 11.0. The fourth-order valence-electron chi connectivity index (χ4n) is 1.83. The smallest absolute Gasteiger partial charge is 0.310 e. The highest BCUT2D eigenvalue weighted by Crippen LogP contribution is 2.24. The third-order valence-electron chi connectivity index (χ3n) is 2.63. The van der Waals surface area contributed by atoms with Crippen LogP contribution in [-0.2, 0) is 4.79 Å². The van der Waals surface area contributed by atoms with Crippen molar-refractivity contribution in [2.45, 2.75) is 26.2 Å². The molecule has 0 aliphatic carbocycles. The monoisotopic (exact) mass is 219 g/mol. The number of fused-ring (bicyclic) bond motifs is 1. The first kappa shape index (κ1) is 10.7. The van der Waals surface area contributed by atoms with Crippen LogP contribution in [0.2, 0.25) is 0 Å². The molecule has 84 valence electrons. The quantitative estimate of drug-likeness (QED) is 0.862. The number of aryl methyl sites for hydroxylation is 1. The lowest BCUT2D eigenvalue weighted by Crippen LogP contribution is -2.10. The molecule has 0 amide bonds. The Morgan fingerprint density at radius 2 is 2.31 bits per heavy atom. The van der Waals surface area contributed by atoms with E-state index in [4.69, 9.17) is 9.52 Å². The molecule has 0 spiro atoms. The largest absolute Gasteiger partial charge is 0.481 e. The van der Waals surface area contributed by atoms with Gasteiger partial charge in [0.2, 0.25) is 0 Å². The van der Waals surface area contributed by atoms with E-state index in [0.29, 0.717) is 17.9 Å². The Hall–Kier alpha value is -1.84. The number of carbonyl (C=O) groups is 1. The van der Waals surface area contributed by atoms with E-state index < -0.39 is 11.9 Å². The highest BCUT2D eigenvalue weighted by Gasteiger charge is 2.18. The molecule has 0 saturated carbocycles. The zero-order valence-corrected chi connectivity index (χ0v) is 9.23. The molecule has 0 aliphatic heterocycles. The van der Waals surface area contributed by atoms with Crippen molar-refractivity contribution in [2.75, 3.05) is 0 Å². The number of nitrogens with zero attached hydrogens (tertiary/aromatic N) is 1. The van der Waals surface area contributed by atoms with Gasteiger partial charge in [0.15, 0.2) is 11.5 Å². The van der Waals surface area contributed by atoms with Crippen molar-refractivity contribution >= 4 is 17.1 Å². The van der Waals surface area contributed by atoms with Gasteiger partial charge in [-0.15, -0.1) is 0 Å². The number of rotatable bonds is 3. The van der Waals surface area contributed by atoms with E-state index in [1.807, 2.05) is 6.92 Å². The summed E-state index contributed by atoms with van der Waals surface area (Å²) in [5, 5.41) is 9.06. The van der Waals surface area contributed by atoms with Crippen molar-refractivity contribution in [3.63, 3.8) is 0 Å². The lowest BCUT2D eigenvalue weighted by molar-refractivity contribution is -0.138. The molecule has 16 heavy (non-hydrogen) atoms. The molecule has 1 aromatic heterocycles. The van der Waals surface area contributed by atoms with E-state index >= 15 is 0 Å². The third-order valence-corrected chi connectivity index (χ3v) is 2.63. The van der Waals surface area contributed by atoms with Gasteiger partial charge in [-0.1, -0.05) is 13.0 Å². The molecule has 1 N–H and O–H groups in total. The Morgan fingerprint density at radius 3 is 2.94 bits per heavy atom. The summed E-state index contributed by atoms with van der Waals surface area (Å²) >= 11 is 0. The molecule has 1 heterocycles. The second-order valence-electron chi connectivity index (χ2n) is 3.76. The first-order valence-electron chi connectivity index (χ1n) is 5.21. The Labute approximate surface area is 92.9 Å². The number of benzene rings is 1. The van der Waals surface area contributed by atoms with Crippen LogP contribution in [0.3, 0.4) is 0 Å². The summed E-state index contributed by atoms with van der Waals surface area (Å²) in [6, 6.07) is 5.36. The minimum atomic E-state index is -0.807. The van der Waals surface area contributed by atoms with Crippen LogP contribution in [0.25, 0.3) is 11.1 Å². The van der Waals surface area contributed by atoms with Crippen LogP contribution < -0.4 is 0 Å². The maximum Gasteiger partial charge on any atom is 0.310 e. The number of hydrogen-bond acceptors (Lipinski definition) is 3. The molecule has 0 radical (unpaired) electrons. The first-order valence-corrected chi connectivity index (χ1v) is 5.21. The van der Waals surface area contributed by atoms with Gasteiger partial charge in [-0.05, 0) is 24.1 Å². The van der Waals surface area contributed by atoms with Gasteiger partial charge in [0, 0.05) is 6.92 Å². The Morgan fingerprint density at radius 1 is 1.56 bits per heavy atom. The maximum atomic E-state index is 11.0. The van der Waals surface area contributed by atoms with Crippen LogP contribution in [0.1, 0.15) is 30.7 Å².